The molecule has 2 aromatic carbocycles. The Labute approximate surface area is 162 Å². The topological polar surface area (TPSA) is 68.8 Å². The predicted octanol–water partition coefficient (Wildman–Crippen LogP) is 4.46. The lowest BCUT2D eigenvalue weighted by atomic mass is 10.2. The van der Waals surface area contributed by atoms with Crippen molar-refractivity contribution in [2.45, 2.75) is 6.42 Å². The Hall–Kier alpha value is -2.31. The molecular weight excluding hydrogens is 379 g/mol. The summed E-state index contributed by atoms with van der Waals surface area (Å²) in [6, 6.07) is 8.44. The molecule has 0 saturated carbocycles. The smallest absolute Gasteiger partial charge is 0.226 e. The molecule has 0 heterocycles. The number of amides is 1. The van der Waals surface area contributed by atoms with Crippen LogP contribution in [0.5, 0.6) is 17.2 Å². The fourth-order valence-electron chi connectivity index (χ4n) is 2.32. The van der Waals surface area contributed by atoms with Crippen molar-refractivity contribution in [1.82, 2.24) is 0 Å². The Kier molecular flexibility index (Phi) is 7.24. The first-order valence-corrected chi connectivity index (χ1v) is 8.52. The Morgan fingerprint density at radius 3 is 2.23 bits per heavy atom. The highest BCUT2D eigenvalue weighted by Crippen LogP contribution is 2.39. The maximum absolute atomic E-state index is 12.2. The highest BCUT2D eigenvalue weighted by atomic mass is 35.5. The minimum Gasteiger partial charge on any atom is -0.493 e. The van der Waals surface area contributed by atoms with Gasteiger partial charge in [-0.1, -0.05) is 23.2 Å². The number of rotatable bonds is 8. The largest absolute Gasteiger partial charge is 0.493 e. The average Bonchev–Trinajstić information content (AvgIpc) is 2.63. The van der Waals surface area contributed by atoms with Crippen LogP contribution >= 0.6 is 23.2 Å². The molecule has 2 aromatic rings. The maximum atomic E-state index is 12.2. The standard InChI is InChI=1S/C18H20Cl2N2O4/c1-24-15-9-12(10-16(25-2)18(15)26-3)22-17(23)6-7-21-14-8-11(19)4-5-13(14)20/h4-5,8-10,21H,6-7H2,1-3H3,(H,22,23). The van der Waals surface area contributed by atoms with E-state index in [9.17, 15) is 4.79 Å². The average molecular weight is 399 g/mol. The van der Waals surface area contributed by atoms with Gasteiger partial charge in [0.2, 0.25) is 11.7 Å². The van der Waals surface area contributed by atoms with Crippen molar-refractivity contribution < 1.29 is 19.0 Å². The van der Waals surface area contributed by atoms with Gasteiger partial charge in [0.15, 0.2) is 11.5 Å². The van der Waals surface area contributed by atoms with Gasteiger partial charge in [0, 0.05) is 35.8 Å². The van der Waals surface area contributed by atoms with Gasteiger partial charge in [0.25, 0.3) is 0 Å². The Morgan fingerprint density at radius 2 is 1.65 bits per heavy atom. The Bertz CT molecular complexity index is 759. The molecule has 0 saturated heterocycles. The first kappa shape index (κ1) is 20.0. The summed E-state index contributed by atoms with van der Waals surface area (Å²) in [7, 11) is 4.55. The lowest BCUT2D eigenvalue weighted by Crippen LogP contribution is -2.16. The van der Waals surface area contributed by atoms with Gasteiger partial charge in [-0.15, -0.1) is 0 Å². The van der Waals surface area contributed by atoms with E-state index in [4.69, 9.17) is 37.4 Å². The molecule has 0 aliphatic carbocycles. The number of ether oxygens (including phenoxy) is 3. The molecule has 0 atom stereocenters. The van der Waals surface area contributed by atoms with Crippen LogP contribution in [0.4, 0.5) is 11.4 Å². The van der Waals surface area contributed by atoms with Gasteiger partial charge >= 0.3 is 0 Å². The third kappa shape index (κ3) is 5.09. The number of halogens is 2. The second kappa shape index (κ2) is 9.40. The molecule has 0 fully saturated rings. The van der Waals surface area contributed by atoms with Crippen molar-refractivity contribution >= 4 is 40.5 Å². The zero-order valence-electron chi connectivity index (χ0n) is 14.7. The Balaban J connectivity index is 1.98. The molecule has 0 aromatic heterocycles. The van der Waals surface area contributed by atoms with Gasteiger partial charge in [-0.2, -0.15) is 0 Å². The molecule has 0 radical (unpaired) electrons. The van der Waals surface area contributed by atoms with Gasteiger partial charge in [-0.05, 0) is 18.2 Å². The van der Waals surface area contributed by atoms with Crippen molar-refractivity contribution in [2.24, 2.45) is 0 Å². The minimum atomic E-state index is -0.176. The molecule has 0 aliphatic heterocycles. The summed E-state index contributed by atoms with van der Waals surface area (Å²) in [5, 5.41) is 7.00. The SMILES string of the molecule is COc1cc(NC(=O)CCNc2cc(Cl)ccc2Cl)cc(OC)c1OC. The van der Waals surface area contributed by atoms with Crippen LogP contribution in [0.2, 0.25) is 10.0 Å². The van der Waals surface area contributed by atoms with Crippen LogP contribution in [0, 0.1) is 0 Å². The van der Waals surface area contributed by atoms with E-state index >= 15 is 0 Å². The van der Waals surface area contributed by atoms with E-state index in [-0.39, 0.29) is 12.3 Å². The fraction of sp³-hybridized carbons (Fsp3) is 0.278. The molecule has 140 valence electrons. The molecular formula is C18H20Cl2N2O4. The first-order chi connectivity index (χ1) is 12.5. The van der Waals surface area contributed by atoms with Crippen molar-refractivity contribution in [3.05, 3.63) is 40.4 Å². The van der Waals surface area contributed by atoms with Crippen molar-refractivity contribution in [2.75, 3.05) is 38.5 Å². The lowest BCUT2D eigenvalue weighted by molar-refractivity contribution is -0.115. The van der Waals surface area contributed by atoms with Crippen molar-refractivity contribution in [3.63, 3.8) is 0 Å². The number of hydrogen-bond acceptors (Lipinski definition) is 5. The van der Waals surface area contributed by atoms with E-state index < -0.39 is 0 Å². The number of carbonyl (C=O) groups is 1. The van der Waals surface area contributed by atoms with Crippen LogP contribution in [-0.4, -0.2) is 33.8 Å². The van der Waals surface area contributed by atoms with Crippen LogP contribution in [-0.2, 0) is 4.79 Å². The van der Waals surface area contributed by atoms with E-state index in [0.717, 1.165) is 0 Å². The number of benzene rings is 2. The maximum Gasteiger partial charge on any atom is 0.226 e. The normalized spacial score (nSPS) is 10.2. The van der Waals surface area contributed by atoms with Crippen LogP contribution in [0.3, 0.4) is 0 Å². The van der Waals surface area contributed by atoms with Gasteiger partial charge in [-0.3, -0.25) is 4.79 Å². The minimum absolute atomic E-state index is 0.176. The summed E-state index contributed by atoms with van der Waals surface area (Å²) in [6.45, 7) is 0.399. The summed E-state index contributed by atoms with van der Waals surface area (Å²) < 4.78 is 15.8. The molecule has 26 heavy (non-hydrogen) atoms. The van der Waals surface area contributed by atoms with E-state index in [1.165, 1.54) is 21.3 Å². The highest BCUT2D eigenvalue weighted by Gasteiger charge is 2.14. The number of methoxy groups -OCH3 is 3. The van der Waals surface area contributed by atoms with Gasteiger partial charge < -0.3 is 24.8 Å². The van der Waals surface area contributed by atoms with Crippen molar-refractivity contribution in [3.8, 4) is 17.2 Å². The van der Waals surface area contributed by atoms with E-state index in [1.807, 2.05) is 0 Å². The van der Waals surface area contributed by atoms with Crippen LogP contribution < -0.4 is 24.8 Å². The summed E-state index contributed by atoms with van der Waals surface area (Å²) in [6.07, 6.45) is 0.236. The monoisotopic (exact) mass is 398 g/mol. The summed E-state index contributed by atoms with van der Waals surface area (Å²) >= 11 is 12.0. The second-order valence-electron chi connectivity index (χ2n) is 5.26. The molecule has 2 N–H and O–H groups in total. The van der Waals surface area contributed by atoms with Gasteiger partial charge in [0.05, 0.1) is 32.0 Å². The third-order valence-electron chi connectivity index (χ3n) is 3.54. The summed E-state index contributed by atoms with van der Waals surface area (Å²) in [4.78, 5) is 12.2. The molecule has 0 aliphatic rings. The zero-order valence-corrected chi connectivity index (χ0v) is 16.2. The molecule has 0 unspecified atom stereocenters. The van der Waals surface area contributed by atoms with E-state index in [0.29, 0.717) is 45.2 Å². The Morgan fingerprint density at radius 1 is 1.00 bits per heavy atom. The number of nitrogens with one attached hydrogen (secondary N) is 2. The van der Waals surface area contributed by atoms with Crippen LogP contribution in [0.25, 0.3) is 0 Å². The number of anilines is 2. The quantitative estimate of drug-likeness (QED) is 0.686. The van der Waals surface area contributed by atoms with E-state index in [2.05, 4.69) is 10.6 Å². The molecule has 6 nitrogen and oxygen atoms in total. The third-order valence-corrected chi connectivity index (χ3v) is 4.11. The van der Waals surface area contributed by atoms with Crippen LogP contribution in [0.1, 0.15) is 6.42 Å². The van der Waals surface area contributed by atoms with Crippen molar-refractivity contribution in [1.29, 1.82) is 0 Å². The lowest BCUT2D eigenvalue weighted by Gasteiger charge is -2.15. The molecule has 0 bridgehead atoms. The highest BCUT2D eigenvalue weighted by molar-refractivity contribution is 6.35. The molecule has 2 rings (SSSR count). The first-order valence-electron chi connectivity index (χ1n) is 7.77. The second-order valence-corrected chi connectivity index (χ2v) is 6.11. The zero-order chi connectivity index (χ0) is 19.1. The van der Waals surface area contributed by atoms with Gasteiger partial charge in [0.1, 0.15) is 0 Å². The number of hydrogen-bond donors (Lipinski definition) is 2. The van der Waals surface area contributed by atoms with E-state index in [1.54, 1.807) is 30.3 Å². The fourth-order valence-corrected chi connectivity index (χ4v) is 2.68. The van der Waals surface area contributed by atoms with Crippen LogP contribution in [0.15, 0.2) is 30.3 Å². The predicted molar refractivity (Wildman–Crippen MR) is 104 cm³/mol. The molecule has 0 spiro atoms. The molecule has 8 heteroatoms. The molecule has 1 amide bonds. The number of carbonyl (C=O) groups excluding carboxylic acids is 1. The summed E-state index contributed by atoms with van der Waals surface area (Å²) in [5.74, 6) is 1.21. The van der Waals surface area contributed by atoms with Gasteiger partial charge in [-0.25, -0.2) is 0 Å². The summed E-state index contributed by atoms with van der Waals surface area (Å²) in [5.41, 5.74) is 1.23.